The molecule has 1 aromatic heterocycles. The van der Waals surface area contributed by atoms with E-state index in [1.54, 1.807) is 41.9 Å². The number of carboxylic acids is 2. The number of aliphatic carboxylic acids is 2. The van der Waals surface area contributed by atoms with Crippen molar-refractivity contribution in [3.63, 3.8) is 0 Å². The highest BCUT2D eigenvalue weighted by atomic mass is 19.4. The van der Waals surface area contributed by atoms with Crippen LogP contribution in [-0.4, -0.2) is 99.1 Å². The van der Waals surface area contributed by atoms with E-state index in [9.17, 15) is 41.1 Å². The number of alkyl halides is 3. The summed E-state index contributed by atoms with van der Waals surface area (Å²) in [5.74, 6) is -5.20. The number of hydrogen-bond acceptors (Lipinski definition) is 8. The summed E-state index contributed by atoms with van der Waals surface area (Å²) >= 11 is 0. The van der Waals surface area contributed by atoms with Gasteiger partial charge in [-0.3, -0.25) is 9.59 Å². The lowest BCUT2D eigenvalue weighted by Gasteiger charge is -2.22. The predicted octanol–water partition coefficient (Wildman–Crippen LogP) is 5.23. The fourth-order valence-electron chi connectivity index (χ4n) is 5.78. The van der Waals surface area contributed by atoms with Crippen LogP contribution >= 0.6 is 0 Å². The van der Waals surface area contributed by atoms with Crippen LogP contribution in [0.15, 0.2) is 95.8 Å². The van der Waals surface area contributed by atoms with Crippen molar-refractivity contribution in [3.8, 4) is 16.9 Å². The van der Waals surface area contributed by atoms with Crippen molar-refractivity contribution in [1.29, 1.82) is 0 Å². The molecule has 5 rings (SSSR count). The molecule has 2 unspecified atom stereocenters. The summed E-state index contributed by atoms with van der Waals surface area (Å²) in [4.78, 5) is 49.9. The molecule has 0 radical (unpaired) electrons. The van der Waals surface area contributed by atoms with Crippen molar-refractivity contribution < 1.29 is 61.5 Å². The van der Waals surface area contributed by atoms with Gasteiger partial charge in [0.2, 0.25) is 5.91 Å². The lowest BCUT2D eigenvalue weighted by molar-refractivity contribution is -0.165. The second-order valence-corrected chi connectivity index (χ2v) is 13.7. The highest BCUT2D eigenvalue weighted by molar-refractivity contribution is 5.84. The van der Waals surface area contributed by atoms with Crippen LogP contribution in [0.1, 0.15) is 22.4 Å². The van der Waals surface area contributed by atoms with E-state index < -0.39 is 47.5 Å². The zero-order valence-electron chi connectivity index (χ0n) is 32.1. The van der Waals surface area contributed by atoms with Gasteiger partial charge in [0, 0.05) is 43.4 Å². The quantitative estimate of drug-likeness (QED) is 0.103. The lowest BCUT2D eigenvalue weighted by Crippen LogP contribution is -2.39. The van der Waals surface area contributed by atoms with Crippen LogP contribution < -0.4 is 10.2 Å². The van der Waals surface area contributed by atoms with Gasteiger partial charge in [-0.05, 0) is 79.5 Å². The monoisotopic (exact) mass is 827 g/mol. The van der Waals surface area contributed by atoms with Crippen molar-refractivity contribution in [2.75, 3.05) is 34.3 Å². The molecule has 314 valence electrons. The Morgan fingerprint density at radius 1 is 0.797 bits per heavy atom. The van der Waals surface area contributed by atoms with Crippen LogP contribution in [0.5, 0.6) is 5.75 Å². The van der Waals surface area contributed by atoms with Crippen molar-refractivity contribution in [3.05, 3.63) is 135 Å². The highest BCUT2D eigenvalue weighted by Gasteiger charge is 2.30. The van der Waals surface area contributed by atoms with Crippen molar-refractivity contribution in [1.82, 2.24) is 14.4 Å². The summed E-state index contributed by atoms with van der Waals surface area (Å²) in [7, 11) is 5.49. The van der Waals surface area contributed by atoms with Gasteiger partial charge >= 0.3 is 18.1 Å². The average Bonchev–Trinajstić information content (AvgIpc) is 3.19. The van der Waals surface area contributed by atoms with Gasteiger partial charge in [0.25, 0.3) is 0 Å². The predicted molar refractivity (Wildman–Crippen MR) is 207 cm³/mol. The number of aromatic nitrogens is 1. The van der Waals surface area contributed by atoms with Gasteiger partial charge in [-0.15, -0.1) is 0 Å². The normalized spacial score (nSPS) is 12.4. The minimum atomic E-state index is -4.41. The molecule has 2 atom stereocenters. The first kappa shape index (κ1) is 45.5. The maximum atomic E-state index is 14.5. The Morgan fingerprint density at radius 2 is 1.39 bits per heavy atom. The number of aryl methyl sites for hydroxylation is 2. The van der Waals surface area contributed by atoms with Gasteiger partial charge in [0.05, 0.1) is 11.1 Å². The van der Waals surface area contributed by atoms with E-state index in [0.29, 0.717) is 41.1 Å². The van der Waals surface area contributed by atoms with Gasteiger partial charge in [-0.1, -0.05) is 48.5 Å². The number of nitrogens with zero attached hydrogens (tertiary/aromatic N) is 3. The Kier molecular flexibility index (Phi) is 15.4. The first-order chi connectivity index (χ1) is 27.8. The van der Waals surface area contributed by atoms with Crippen LogP contribution in [0.4, 0.5) is 22.0 Å². The fourth-order valence-corrected chi connectivity index (χ4v) is 5.78. The molecule has 5 aromatic rings. The van der Waals surface area contributed by atoms with Gasteiger partial charge in [0.1, 0.15) is 18.9 Å². The van der Waals surface area contributed by atoms with E-state index in [2.05, 4.69) is 0 Å². The number of aliphatic hydroxyl groups excluding tert-OH is 2. The molecular weight excluding hydrogens is 785 g/mol. The SMILES string of the molecule is CN(C)CCOc1ccc2c(=O)cc(CCc3cccc(F)c3F)n(CC(=O)N(C)Cc3ccc(-c4ccc(C(F)(F)F)cc4)cc3)c2c1.O=C(O)C(O)C(O)C(=O)O. The molecule has 0 bridgehead atoms. The smallest absolute Gasteiger partial charge is 0.416 e. The maximum Gasteiger partial charge on any atom is 0.416 e. The molecule has 12 nitrogen and oxygen atoms in total. The summed E-state index contributed by atoms with van der Waals surface area (Å²) in [5.41, 5.74) is 2.29. The average molecular weight is 828 g/mol. The van der Waals surface area contributed by atoms with Crippen molar-refractivity contribution >= 4 is 28.7 Å². The number of likely N-dealkylation sites (N-methyl/N-ethyl adjacent to an activating group) is 2. The van der Waals surface area contributed by atoms with E-state index in [1.807, 2.05) is 31.1 Å². The molecule has 17 heteroatoms. The minimum Gasteiger partial charge on any atom is -0.492 e. The summed E-state index contributed by atoms with van der Waals surface area (Å²) in [6.07, 6.45) is -8.68. The van der Waals surface area contributed by atoms with Crippen LogP contribution in [-0.2, 0) is 46.5 Å². The zero-order valence-corrected chi connectivity index (χ0v) is 32.1. The van der Waals surface area contributed by atoms with E-state index in [0.717, 1.165) is 29.3 Å². The van der Waals surface area contributed by atoms with Crippen LogP contribution in [0.2, 0.25) is 0 Å². The van der Waals surface area contributed by atoms with Crippen molar-refractivity contribution in [2.45, 2.75) is 44.3 Å². The number of rotatable bonds is 15. The second-order valence-electron chi connectivity index (χ2n) is 13.7. The van der Waals surface area contributed by atoms with Gasteiger partial charge in [0.15, 0.2) is 29.3 Å². The molecule has 1 amide bonds. The third-order valence-electron chi connectivity index (χ3n) is 9.10. The topological polar surface area (TPSA) is 170 Å². The first-order valence-corrected chi connectivity index (χ1v) is 18.0. The summed E-state index contributed by atoms with van der Waals surface area (Å²) in [6, 6.07) is 22.6. The van der Waals surface area contributed by atoms with E-state index in [1.165, 1.54) is 35.2 Å². The molecule has 0 aliphatic carbocycles. The molecular formula is C42H42F5N3O9. The molecule has 0 saturated heterocycles. The van der Waals surface area contributed by atoms with E-state index in [-0.39, 0.29) is 42.8 Å². The number of hydrogen-bond donors (Lipinski definition) is 4. The van der Waals surface area contributed by atoms with Gasteiger partial charge in [-0.2, -0.15) is 13.2 Å². The molecule has 0 spiro atoms. The van der Waals surface area contributed by atoms with Crippen LogP contribution in [0.25, 0.3) is 22.0 Å². The number of carbonyl (C=O) groups is 3. The van der Waals surface area contributed by atoms with Gasteiger partial charge < -0.3 is 39.5 Å². The Labute approximate surface area is 334 Å². The molecule has 59 heavy (non-hydrogen) atoms. The third-order valence-corrected chi connectivity index (χ3v) is 9.10. The Balaban J connectivity index is 0.000000680. The molecule has 4 aromatic carbocycles. The fraction of sp³-hybridized carbons (Fsp3) is 0.286. The van der Waals surface area contributed by atoms with Crippen LogP contribution in [0.3, 0.4) is 0 Å². The number of benzene rings is 4. The lowest BCUT2D eigenvalue weighted by atomic mass is 10.0. The van der Waals surface area contributed by atoms with Crippen molar-refractivity contribution in [2.24, 2.45) is 0 Å². The van der Waals surface area contributed by atoms with E-state index in [4.69, 9.17) is 25.2 Å². The number of amides is 1. The molecule has 4 N–H and O–H groups in total. The first-order valence-electron chi connectivity index (χ1n) is 18.0. The number of ether oxygens (including phenoxy) is 1. The van der Waals surface area contributed by atoms with Gasteiger partial charge in [-0.25, -0.2) is 18.4 Å². The Hall–Kier alpha value is -6.17. The second kappa shape index (κ2) is 20.0. The molecule has 0 fully saturated rings. The number of fused-ring (bicyclic) bond motifs is 1. The largest absolute Gasteiger partial charge is 0.492 e. The maximum absolute atomic E-state index is 14.5. The number of pyridine rings is 1. The zero-order chi connectivity index (χ0) is 43.6. The number of aliphatic hydroxyl groups is 2. The molecule has 0 aliphatic rings. The number of carbonyl (C=O) groups excluding carboxylic acids is 1. The standard InChI is InChI=1S/C38H36F5N3O3.C4H6O6/c1-44(2)19-20-49-31-17-18-32-34(22-31)46(30(21-35(32)47)16-13-28-5-4-6-33(39)37(28)40)24-36(48)45(3)23-25-7-9-26(10-8-25)27-11-14-29(15-12-27)38(41,42)43;5-1(3(7)8)2(6)4(9)10/h4-12,14-15,17-18,21-22H,13,16,19-20,23-24H2,1-3H3;1-2,5-6H,(H,7,8)(H,9,10). The van der Waals surface area contributed by atoms with Crippen LogP contribution in [0, 0.1) is 11.6 Å². The summed E-state index contributed by atoms with van der Waals surface area (Å²) in [6.45, 7) is 1.17. The molecule has 0 aliphatic heterocycles. The Bertz CT molecular complexity index is 2300. The highest BCUT2D eigenvalue weighted by Crippen LogP contribution is 2.31. The third kappa shape index (κ3) is 12.4. The Morgan fingerprint density at radius 3 is 1.95 bits per heavy atom. The molecule has 0 saturated carbocycles. The summed E-state index contributed by atoms with van der Waals surface area (Å²) in [5, 5.41) is 32.9. The summed E-state index contributed by atoms with van der Waals surface area (Å²) < 4.78 is 74.9. The minimum absolute atomic E-state index is 0.100. The number of carboxylic acid groups (broad SMARTS) is 2. The molecule has 1 heterocycles. The van der Waals surface area contributed by atoms with E-state index >= 15 is 0 Å². The number of halogens is 5.